The summed E-state index contributed by atoms with van der Waals surface area (Å²) >= 11 is 0. The van der Waals surface area contributed by atoms with E-state index in [2.05, 4.69) is 4.99 Å². The first kappa shape index (κ1) is 17.7. The van der Waals surface area contributed by atoms with E-state index < -0.39 is 11.8 Å². The summed E-state index contributed by atoms with van der Waals surface area (Å²) in [6.45, 7) is 0.443. The maximum absolute atomic E-state index is 13.9. The Hall–Kier alpha value is -3.73. The maximum atomic E-state index is 13.9. The highest BCUT2D eigenvalue weighted by atomic mass is 19.1. The maximum Gasteiger partial charge on any atom is 0.363 e. The van der Waals surface area contributed by atoms with Crippen molar-refractivity contribution in [3.63, 3.8) is 0 Å². The third-order valence-electron chi connectivity index (χ3n) is 4.13. The Labute approximate surface area is 161 Å². The summed E-state index contributed by atoms with van der Waals surface area (Å²) in [5, 5.41) is 0. The smallest absolute Gasteiger partial charge is 0.363 e. The quantitative estimate of drug-likeness (QED) is 0.479. The van der Waals surface area contributed by atoms with Crippen molar-refractivity contribution in [1.82, 2.24) is 0 Å². The molecule has 28 heavy (non-hydrogen) atoms. The van der Waals surface area contributed by atoms with Gasteiger partial charge in [0, 0.05) is 0 Å². The number of rotatable bonds is 5. The topological polar surface area (TPSA) is 47.9 Å². The third kappa shape index (κ3) is 3.99. The lowest BCUT2D eigenvalue weighted by molar-refractivity contribution is -0.129. The predicted octanol–water partition coefficient (Wildman–Crippen LogP) is 4.75. The zero-order chi connectivity index (χ0) is 19.3. The first-order valence-corrected chi connectivity index (χ1v) is 8.73. The average Bonchev–Trinajstić information content (AvgIpc) is 3.08. The minimum atomic E-state index is -0.617. The van der Waals surface area contributed by atoms with E-state index in [-0.39, 0.29) is 17.2 Å². The van der Waals surface area contributed by atoms with Crippen molar-refractivity contribution in [3.05, 3.63) is 107 Å². The molecule has 0 radical (unpaired) electrons. The molecule has 1 heterocycles. The largest absolute Gasteiger partial charge is 0.489 e. The van der Waals surface area contributed by atoms with Crippen LogP contribution in [0.15, 0.2) is 89.6 Å². The molecule has 0 atom stereocenters. The number of cyclic esters (lactones) is 1. The SMILES string of the molecule is O=C1OC(c2ccccc2F)=NC1=Cc1cccc(OCc2ccccc2)c1. The number of aliphatic imine (C=N–C) groups is 1. The Balaban J connectivity index is 1.54. The fourth-order valence-electron chi connectivity index (χ4n) is 2.75. The molecular weight excluding hydrogens is 357 g/mol. The first-order chi connectivity index (χ1) is 13.7. The molecule has 5 heteroatoms. The molecular formula is C23H16FNO3. The van der Waals surface area contributed by atoms with Gasteiger partial charge < -0.3 is 9.47 Å². The molecule has 0 fully saturated rings. The fraction of sp³-hybridized carbons (Fsp3) is 0.0435. The van der Waals surface area contributed by atoms with Gasteiger partial charge in [-0.15, -0.1) is 0 Å². The van der Waals surface area contributed by atoms with Crippen molar-refractivity contribution in [2.45, 2.75) is 6.61 Å². The summed E-state index contributed by atoms with van der Waals surface area (Å²) in [6, 6.07) is 23.2. The van der Waals surface area contributed by atoms with E-state index in [9.17, 15) is 9.18 Å². The zero-order valence-corrected chi connectivity index (χ0v) is 14.8. The Morgan fingerprint density at radius 3 is 2.57 bits per heavy atom. The zero-order valence-electron chi connectivity index (χ0n) is 14.8. The van der Waals surface area contributed by atoms with Crippen molar-refractivity contribution < 1.29 is 18.7 Å². The minimum absolute atomic E-state index is 0.0363. The van der Waals surface area contributed by atoms with Crippen molar-refractivity contribution in [2.24, 2.45) is 4.99 Å². The highest BCUT2D eigenvalue weighted by Gasteiger charge is 2.25. The van der Waals surface area contributed by atoms with Crippen LogP contribution in [0.4, 0.5) is 4.39 Å². The number of carbonyl (C=O) groups excluding carboxylic acids is 1. The van der Waals surface area contributed by atoms with E-state index in [0.29, 0.717) is 12.4 Å². The van der Waals surface area contributed by atoms with Gasteiger partial charge in [0.1, 0.15) is 18.2 Å². The Morgan fingerprint density at radius 1 is 0.964 bits per heavy atom. The highest BCUT2D eigenvalue weighted by Crippen LogP contribution is 2.22. The number of esters is 1. The molecule has 4 rings (SSSR count). The standard InChI is InChI=1S/C23H16FNO3/c24-20-12-5-4-11-19(20)22-25-21(23(26)28-22)14-17-9-6-10-18(13-17)27-15-16-7-2-1-3-8-16/h1-14H,15H2. The molecule has 0 saturated heterocycles. The van der Waals surface area contributed by atoms with Crippen molar-refractivity contribution in [3.8, 4) is 5.75 Å². The summed E-state index contributed by atoms with van der Waals surface area (Å²) in [5.74, 6) is -0.478. The van der Waals surface area contributed by atoms with Gasteiger partial charge in [-0.2, -0.15) is 0 Å². The average molecular weight is 373 g/mol. The summed E-state index contributed by atoms with van der Waals surface area (Å²) in [5.41, 5.74) is 2.05. The normalized spacial score (nSPS) is 14.7. The lowest BCUT2D eigenvalue weighted by Gasteiger charge is -2.07. The molecule has 0 amide bonds. The minimum Gasteiger partial charge on any atom is -0.489 e. The molecule has 4 nitrogen and oxygen atoms in total. The summed E-state index contributed by atoms with van der Waals surface area (Å²) in [7, 11) is 0. The highest BCUT2D eigenvalue weighted by molar-refractivity contribution is 6.12. The van der Waals surface area contributed by atoms with Crippen LogP contribution in [0, 0.1) is 5.82 Å². The Bertz CT molecular complexity index is 1070. The molecule has 0 saturated carbocycles. The molecule has 1 aliphatic rings. The number of ether oxygens (including phenoxy) is 2. The van der Waals surface area contributed by atoms with Gasteiger partial charge in [-0.3, -0.25) is 0 Å². The monoisotopic (exact) mass is 373 g/mol. The van der Waals surface area contributed by atoms with Crippen LogP contribution in [0.1, 0.15) is 16.7 Å². The lowest BCUT2D eigenvalue weighted by atomic mass is 10.2. The van der Waals surface area contributed by atoms with E-state index in [4.69, 9.17) is 9.47 Å². The molecule has 3 aromatic rings. The van der Waals surface area contributed by atoms with Gasteiger partial charge in [-0.25, -0.2) is 14.2 Å². The van der Waals surface area contributed by atoms with Gasteiger partial charge in [0.05, 0.1) is 5.56 Å². The lowest BCUT2D eigenvalue weighted by Crippen LogP contribution is -2.07. The first-order valence-electron chi connectivity index (χ1n) is 8.73. The Morgan fingerprint density at radius 2 is 1.75 bits per heavy atom. The van der Waals surface area contributed by atoms with Crippen molar-refractivity contribution in [1.29, 1.82) is 0 Å². The molecule has 138 valence electrons. The molecule has 0 unspecified atom stereocenters. The summed E-state index contributed by atoms with van der Waals surface area (Å²) < 4.78 is 24.8. The summed E-state index contributed by atoms with van der Waals surface area (Å²) in [4.78, 5) is 16.3. The molecule has 0 bridgehead atoms. The van der Waals surface area contributed by atoms with Gasteiger partial charge in [0.25, 0.3) is 0 Å². The van der Waals surface area contributed by atoms with Gasteiger partial charge in [0.15, 0.2) is 5.70 Å². The van der Waals surface area contributed by atoms with Crippen LogP contribution in [0.2, 0.25) is 0 Å². The molecule has 3 aromatic carbocycles. The van der Waals surface area contributed by atoms with Gasteiger partial charge in [0.2, 0.25) is 5.90 Å². The molecule has 0 N–H and O–H groups in total. The number of carbonyl (C=O) groups is 1. The van der Waals surface area contributed by atoms with E-state index in [1.165, 1.54) is 12.1 Å². The van der Waals surface area contributed by atoms with Crippen LogP contribution in [0.3, 0.4) is 0 Å². The number of hydrogen-bond donors (Lipinski definition) is 0. The van der Waals surface area contributed by atoms with Gasteiger partial charge in [-0.05, 0) is 41.5 Å². The number of halogens is 1. The molecule has 0 aliphatic carbocycles. The number of nitrogens with zero attached hydrogens (tertiary/aromatic N) is 1. The van der Waals surface area contributed by atoms with E-state index in [0.717, 1.165) is 11.1 Å². The van der Waals surface area contributed by atoms with Crippen LogP contribution >= 0.6 is 0 Å². The van der Waals surface area contributed by atoms with E-state index in [1.54, 1.807) is 24.3 Å². The second kappa shape index (κ2) is 7.88. The molecule has 1 aliphatic heterocycles. The summed E-state index contributed by atoms with van der Waals surface area (Å²) in [6.07, 6.45) is 1.59. The third-order valence-corrected chi connectivity index (χ3v) is 4.13. The Kier molecular flexibility index (Phi) is 4.97. The predicted molar refractivity (Wildman–Crippen MR) is 104 cm³/mol. The van der Waals surface area contributed by atoms with Crippen LogP contribution in [0.5, 0.6) is 5.75 Å². The second-order valence-electron chi connectivity index (χ2n) is 6.16. The van der Waals surface area contributed by atoms with Crippen LogP contribution in [0.25, 0.3) is 6.08 Å². The van der Waals surface area contributed by atoms with Gasteiger partial charge in [-0.1, -0.05) is 54.6 Å². The van der Waals surface area contributed by atoms with Crippen LogP contribution in [-0.2, 0) is 16.1 Å². The fourth-order valence-corrected chi connectivity index (χ4v) is 2.75. The van der Waals surface area contributed by atoms with Crippen LogP contribution in [-0.4, -0.2) is 11.9 Å². The van der Waals surface area contributed by atoms with E-state index in [1.807, 2.05) is 48.5 Å². The molecule has 0 aromatic heterocycles. The number of hydrogen-bond acceptors (Lipinski definition) is 4. The van der Waals surface area contributed by atoms with Crippen molar-refractivity contribution in [2.75, 3.05) is 0 Å². The number of benzene rings is 3. The molecule has 0 spiro atoms. The second-order valence-corrected chi connectivity index (χ2v) is 6.16. The van der Waals surface area contributed by atoms with Crippen molar-refractivity contribution >= 4 is 17.9 Å². The van der Waals surface area contributed by atoms with Gasteiger partial charge >= 0.3 is 5.97 Å². The van der Waals surface area contributed by atoms with Crippen LogP contribution < -0.4 is 4.74 Å². The van der Waals surface area contributed by atoms with E-state index >= 15 is 0 Å².